The Hall–Kier alpha value is 1.06. The van der Waals surface area contributed by atoms with Gasteiger partial charge in [-0.3, -0.25) is 0 Å². The largest absolute Gasteiger partial charge is 1.00 e. The highest BCUT2D eigenvalue weighted by Gasteiger charge is 2.17. The van der Waals surface area contributed by atoms with E-state index in [0.717, 1.165) is 22.1 Å². The number of alkyl halides is 6. The molecule has 0 N–H and O–H groups in total. The number of halogens is 8. The molecule has 0 amide bonds. The molecule has 0 saturated heterocycles. The summed E-state index contributed by atoms with van der Waals surface area (Å²) < 4.78 is 0.660. The van der Waals surface area contributed by atoms with Crippen LogP contribution in [0.15, 0.2) is 48.5 Å². The molecule has 0 aliphatic heterocycles. The maximum Gasteiger partial charge on any atom is 0.180 e. The van der Waals surface area contributed by atoms with Crippen LogP contribution in [0, 0.1) is 0 Å². The van der Waals surface area contributed by atoms with Crippen molar-refractivity contribution in [2.45, 2.75) is 138 Å². The van der Waals surface area contributed by atoms with Crippen LogP contribution in [0.3, 0.4) is 0 Å². The molecule has 2 aromatic rings. The molecule has 0 aliphatic rings. The monoisotopic (exact) mass is 944 g/mol. The molecule has 0 fully saturated rings. The van der Waals surface area contributed by atoms with Crippen LogP contribution >= 0.6 is 69.6 Å². The van der Waals surface area contributed by atoms with Gasteiger partial charge in [-0.1, -0.05) is 209 Å². The van der Waals surface area contributed by atoms with Crippen LogP contribution in [0.25, 0.3) is 11.1 Å². The number of rotatable bonds is 23. The van der Waals surface area contributed by atoms with Gasteiger partial charge in [0.15, 0.2) is 8.59 Å². The summed E-state index contributed by atoms with van der Waals surface area (Å²) in [5.41, 5.74) is 5.56. The first kappa shape index (κ1) is 55.4. The van der Waals surface area contributed by atoms with E-state index in [4.69, 9.17) is 69.6 Å². The summed E-state index contributed by atoms with van der Waals surface area (Å²) in [6.07, 6.45) is 22.3. The van der Waals surface area contributed by atoms with Gasteiger partial charge in [-0.05, 0) is 36.8 Å². The van der Waals surface area contributed by atoms with Crippen LogP contribution in [0.5, 0.6) is 0 Å². The number of quaternary nitrogens is 2. The number of unbranched alkanes of at least 4 members (excludes halogenated alkanes) is 14. The lowest BCUT2D eigenvalue weighted by Gasteiger charge is -2.30. The van der Waals surface area contributed by atoms with Crippen LogP contribution in [0.4, 0.5) is 0 Å². The lowest BCUT2D eigenvalue weighted by Crippen LogP contribution is -3.00. The van der Waals surface area contributed by atoms with E-state index in [1.807, 2.05) is 0 Å². The molecule has 0 heterocycles. The molecule has 0 bridgehead atoms. The van der Waals surface area contributed by atoms with Gasteiger partial charge in [0.05, 0.1) is 41.3 Å². The van der Waals surface area contributed by atoms with Crippen LogP contribution in [-0.4, -0.2) is 58.8 Å². The minimum Gasteiger partial charge on any atom is -1.00 e. The minimum atomic E-state index is -0.750. The molecule has 0 saturated carbocycles. The molecule has 0 unspecified atom stereocenters. The van der Waals surface area contributed by atoms with Crippen molar-refractivity contribution in [3.63, 3.8) is 0 Å². The average molecular weight is 950 g/mol. The normalized spacial score (nSPS) is 11.2. The summed E-state index contributed by atoms with van der Waals surface area (Å²) in [4.78, 5) is 0. The highest BCUT2D eigenvalue weighted by molar-refractivity contribution is 6.63. The second-order valence-corrected chi connectivity index (χ2v) is 18.4. The summed E-state index contributed by atoms with van der Waals surface area (Å²) in [5, 5.41) is 0. The van der Waals surface area contributed by atoms with Gasteiger partial charge in [0.1, 0.15) is 13.1 Å². The summed E-state index contributed by atoms with van der Waals surface area (Å²) in [7, 11) is 9.57. The number of hydrogen-bond donors (Lipinski definition) is 0. The third-order valence-electron chi connectivity index (χ3n) is 8.70. The smallest absolute Gasteiger partial charge is 0.180 e. The zero-order valence-electron chi connectivity index (χ0n) is 31.8. The van der Waals surface area contributed by atoms with Gasteiger partial charge in [-0.15, -0.1) is 0 Å². The number of benzene rings is 2. The first-order chi connectivity index (χ1) is 22.7. The van der Waals surface area contributed by atoms with E-state index in [1.165, 1.54) is 138 Å². The Morgan fingerprint density at radius 1 is 0.400 bits per heavy atom. The van der Waals surface area contributed by atoms with Crippen molar-refractivity contribution in [3.8, 4) is 11.1 Å². The molecule has 0 atom stereocenters. The van der Waals surface area contributed by atoms with Crippen molar-refractivity contribution in [2.75, 3.05) is 41.3 Å². The fourth-order valence-corrected chi connectivity index (χ4v) is 6.10. The highest BCUT2D eigenvalue weighted by atomic mass is 79.9. The van der Waals surface area contributed by atoms with Gasteiger partial charge in [-0.25, -0.2) is 0 Å². The molecule has 2 nitrogen and oxygen atoms in total. The minimum absolute atomic E-state index is 0. The van der Waals surface area contributed by atoms with Crippen molar-refractivity contribution in [1.82, 2.24) is 0 Å². The van der Waals surface area contributed by atoms with Crippen LogP contribution < -0.4 is 34.0 Å². The lowest BCUT2D eigenvalue weighted by molar-refractivity contribution is -0.903. The SMILES string of the molecule is CCCCCCCCCC[N+](C)(C)Cc1ccc(-c2ccc(C[N+](C)(C)CCCCCCCCCC)cc2)cc1.ClC(Cl)Cl.ClC(Cl)Cl.[Br-].[Br-]. The zero-order chi connectivity index (χ0) is 36.3. The van der Waals surface area contributed by atoms with Crippen molar-refractivity contribution in [1.29, 1.82) is 0 Å². The summed E-state index contributed by atoms with van der Waals surface area (Å²) in [6.45, 7) is 9.36. The van der Waals surface area contributed by atoms with Gasteiger partial charge >= 0.3 is 0 Å². The highest BCUT2D eigenvalue weighted by Crippen LogP contribution is 2.23. The molecule has 10 heteroatoms. The summed E-state index contributed by atoms with van der Waals surface area (Å²) >= 11 is 28.8. The van der Waals surface area contributed by atoms with Crippen molar-refractivity contribution >= 4 is 69.6 Å². The molecule has 0 radical (unpaired) electrons. The molecule has 0 aliphatic carbocycles. The Bertz CT molecular complexity index is 919. The van der Waals surface area contributed by atoms with Crippen LogP contribution in [-0.2, 0) is 13.1 Å². The fraction of sp³-hybridized carbons (Fsp3) is 0.700. The molecule has 2 aromatic carbocycles. The fourth-order valence-electron chi connectivity index (χ4n) is 6.10. The van der Waals surface area contributed by atoms with E-state index < -0.39 is 8.59 Å². The Labute approximate surface area is 360 Å². The standard InChI is InChI=1S/C38H66N2.2CHCl3.2BrH/c1-7-9-11-13-15-17-19-21-31-39(3,4)33-35-23-27-37(28-24-35)38-29-25-36(26-30-38)34-40(5,6)32-22-20-18-16-14-12-10-8-2;2*2-1(3)4;;/h23-30H,7-22,31-34H2,1-6H3;2*1H;2*1H/q+2;;;;/p-2. The van der Waals surface area contributed by atoms with Crippen LogP contribution in [0.1, 0.15) is 128 Å². The Morgan fingerprint density at radius 3 is 0.860 bits per heavy atom. The van der Waals surface area contributed by atoms with Crippen molar-refractivity contribution < 1.29 is 42.9 Å². The van der Waals surface area contributed by atoms with E-state index in [-0.39, 0.29) is 34.0 Å². The van der Waals surface area contributed by atoms with Gasteiger partial charge < -0.3 is 42.9 Å². The molecular formula is C40H68Br2Cl6N2. The average Bonchev–Trinajstić information content (AvgIpc) is 3.00. The van der Waals surface area contributed by atoms with E-state index >= 15 is 0 Å². The quantitative estimate of drug-likeness (QED) is 0.0595. The maximum absolute atomic E-state index is 4.81. The topological polar surface area (TPSA) is 0 Å². The van der Waals surface area contributed by atoms with Crippen molar-refractivity contribution in [3.05, 3.63) is 59.7 Å². The molecule has 0 spiro atoms. The molecule has 50 heavy (non-hydrogen) atoms. The number of hydrogen-bond acceptors (Lipinski definition) is 0. The molecule has 0 aromatic heterocycles. The van der Waals surface area contributed by atoms with E-state index in [9.17, 15) is 0 Å². The summed E-state index contributed by atoms with van der Waals surface area (Å²) in [5.74, 6) is 0. The van der Waals surface area contributed by atoms with Gasteiger partial charge in [0.2, 0.25) is 0 Å². The molecular weight excluding hydrogens is 881 g/mol. The predicted octanol–water partition coefficient (Wildman–Crippen LogP) is 8.77. The number of nitrogens with zero attached hydrogens (tertiary/aromatic N) is 2. The third-order valence-corrected chi connectivity index (χ3v) is 8.70. The van der Waals surface area contributed by atoms with E-state index in [2.05, 4.69) is 90.6 Å². The van der Waals surface area contributed by atoms with Crippen LogP contribution in [0.2, 0.25) is 0 Å². The second-order valence-electron chi connectivity index (χ2n) is 14.5. The van der Waals surface area contributed by atoms with Gasteiger partial charge in [-0.2, -0.15) is 0 Å². The van der Waals surface area contributed by atoms with E-state index in [0.29, 0.717) is 0 Å². The second kappa shape index (κ2) is 34.5. The Balaban J connectivity index is -0.00000199. The Kier molecular flexibility index (Phi) is 38.3. The van der Waals surface area contributed by atoms with Gasteiger partial charge in [0.25, 0.3) is 0 Å². The lowest BCUT2D eigenvalue weighted by atomic mass is 10.0. The molecule has 2 rings (SSSR count). The van der Waals surface area contributed by atoms with Crippen molar-refractivity contribution in [2.24, 2.45) is 0 Å². The maximum atomic E-state index is 4.81. The zero-order valence-corrected chi connectivity index (χ0v) is 39.5. The van der Waals surface area contributed by atoms with Gasteiger partial charge in [0, 0.05) is 11.1 Å². The first-order valence-electron chi connectivity index (χ1n) is 18.4. The molecule has 294 valence electrons. The first-order valence-corrected chi connectivity index (χ1v) is 21.0. The predicted molar refractivity (Wildman–Crippen MR) is 221 cm³/mol. The Morgan fingerprint density at radius 2 is 0.620 bits per heavy atom. The van der Waals surface area contributed by atoms with E-state index in [1.54, 1.807) is 0 Å². The summed E-state index contributed by atoms with van der Waals surface area (Å²) in [6, 6.07) is 18.7. The third kappa shape index (κ3) is 34.8.